The first kappa shape index (κ1) is 32.2. The van der Waals surface area contributed by atoms with Gasteiger partial charge in [-0.15, -0.1) is 0 Å². The largest absolute Gasteiger partial charge is 0.309 e. The van der Waals surface area contributed by atoms with Crippen LogP contribution in [-0.4, -0.2) is 18.7 Å². The van der Waals surface area contributed by atoms with Crippen molar-refractivity contribution in [3.8, 4) is 28.3 Å². The zero-order chi connectivity index (χ0) is 38.6. The van der Waals surface area contributed by atoms with E-state index in [0.29, 0.717) is 0 Å². The van der Waals surface area contributed by atoms with Crippen molar-refractivity contribution in [2.75, 3.05) is 0 Å². The van der Waals surface area contributed by atoms with E-state index >= 15 is 0 Å². The topological polar surface area (TPSA) is 27.7 Å². The highest BCUT2D eigenvalue weighted by Gasteiger charge is 2.20. The van der Waals surface area contributed by atoms with Crippen LogP contribution in [0.1, 0.15) is 0 Å². The normalized spacial score (nSPS) is 12.1. The fraction of sp³-hybridized carbons (Fsp3) is 0. The van der Waals surface area contributed by atoms with Crippen molar-refractivity contribution in [3.05, 3.63) is 206 Å². The Hall–Kier alpha value is -7.95. The molecule has 0 bridgehead atoms. The highest BCUT2D eigenvalue weighted by atomic mass is 15.0. The summed E-state index contributed by atoms with van der Waals surface area (Å²) in [6.07, 6.45) is 0. The molecule has 59 heavy (non-hydrogen) atoms. The van der Waals surface area contributed by atoms with Crippen LogP contribution in [0, 0.1) is 0 Å². The Labute approximate surface area is 339 Å². The zero-order valence-corrected chi connectivity index (χ0v) is 31.9. The molecule has 0 saturated carbocycles. The van der Waals surface area contributed by atoms with E-state index in [4.69, 9.17) is 4.98 Å². The number of para-hydroxylation sites is 5. The van der Waals surface area contributed by atoms with Gasteiger partial charge < -0.3 is 13.7 Å². The molecule has 0 fully saturated rings. The minimum absolute atomic E-state index is 1.00. The number of hydrogen-bond donors (Lipinski definition) is 0. The van der Waals surface area contributed by atoms with Gasteiger partial charge in [-0.25, -0.2) is 4.98 Å². The highest BCUT2D eigenvalue weighted by molar-refractivity contribution is 6.29. The second kappa shape index (κ2) is 12.3. The lowest BCUT2D eigenvalue weighted by Gasteiger charge is -2.13. The van der Waals surface area contributed by atoms with Gasteiger partial charge in [-0.1, -0.05) is 127 Å². The zero-order valence-electron chi connectivity index (χ0n) is 31.9. The Morgan fingerprint density at radius 1 is 0.271 bits per heavy atom. The van der Waals surface area contributed by atoms with Crippen molar-refractivity contribution in [1.82, 2.24) is 18.7 Å². The molecule has 4 aromatic heterocycles. The molecule has 0 saturated heterocycles. The molecule has 0 radical (unpaired) electrons. The molecule has 4 heterocycles. The second-order valence-electron chi connectivity index (χ2n) is 15.5. The lowest BCUT2D eigenvalue weighted by molar-refractivity contribution is 1.14. The van der Waals surface area contributed by atoms with Crippen LogP contribution in [0.2, 0.25) is 0 Å². The van der Waals surface area contributed by atoms with Gasteiger partial charge >= 0.3 is 0 Å². The molecule has 0 unspecified atom stereocenters. The third-order valence-electron chi connectivity index (χ3n) is 12.4. The molecular formula is C55H34N4. The molecule has 0 aliphatic rings. The van der Waals surface area contributed by atoms with Crippen LogP contribution >= 0.6 is 0 Å². The van der Waals surface area contributed by atoms with Crippen LogP contribution in [0.15, 0.2) is 206 Å². The summed E-state index contributed by atoms with van der Waals surface area (Å²) < 4.78 is 7.24. The second-order valence-corrected chi connectivity index (χ2v) is 15.5. The van der Waals surface area contributed by atoms with Crippen molar-refractivity contribution in [1.29, 1.82) is 0 Å². The lowest BCUT2D eigenvalue weighted by atomic mass is 9.96. The van der Waals surface area contributed by atoms with Crippen molar-refractivity contribution >= 4 is 87.1 Å². The maximum atomic E-state index is 5.23. The van der Waals surface area contributed by atoms with Gasteiger partial charge in [-0.3, -0.25) is 0 Å². The molecule has 13 aromatic rings. The van der Waals surface area contributed by atoms with Crippen LogP contribution in [0.25, 0.3) is 115 Å². The van der Waals surface area contributed by atoms with Crippen molar-refractivity contribution in [2.24, 2.45) is 0 Å². The average Bonchev–Trinajstić information content (AvgIpc) is 3.95. The summed E-state index contributed by atoms with van der Waals surface area (Å²) in [5.74, 6) is 0. The third-order valence-corrected chi connectivity index (χ3v) is 12.4. The van der Waals surface area contributed by atoms with Crippen LogP contribution < -0.4 is 0 Å². The Balaban J connectivity index is 1.00. The summed E-state index contributed by atoms with van der Waals surface area (Å²) >= 11 is 0. The van der Waals surface area contributed by atoms with Crippen LogP contribution in [0.3, 0.4) is 0 Å². The van der Waals surface area contributed by atoms with E-state index in [9.17, 15) is 0 Å². The maximum absolute atomic E-state index is 5.23. The molecule has 274 valence electrons. The SMILES string of the molecule is c1ccc(-c2nc3ccccc3c3c2ccc2c3c3ccccc3n2-c2ccc(-n3c4ccccc4c4cc(-n5c6ccccc6c6ccccc65)ccc43)cc2)cc1. The quantitative estimate of drug-likeness (QED) is 0.165. The maximum Gasteiger partial charge on any atom is 0.0788 e. The fourth-order valence-corrected chi connectivity index (χ4v) is 9.92. The molecule has 9 aromatic carbocycles. The number of nitrogens with zero attached hydrogens (tertiary/aromatic N) is 4. The van der Waals surface area contributed by atoms with E-state index in [1.54, 1.807) is 0 Å². The van der Waals surface area contributed by atoms with Crippen LogP contribution in [0.4, 0.5) is 0 Å². The van der Waals surface area contributed by atoms with E-state index in [1.807, 2.05) is 0 Å². The highest BCUT2D eigenvalue weighted by Crippen LogP contribution is 2.43. The van der Waals surface area contributed by atoms with Gasteiger partial charge in [-0.05, 0) is 78.9 Å². The molecule has 0 aliphatic heterocycles. The van der Waals surface area contributed by atoms with E-state index in [2.05, 4.69) is 220 Å². The van der Waals surface area contributed by atoms with Crippen molar-refractivity contribution < 1.29 is 0 Å². The van der Waals surface area contributed by atoms with Gasteiger partial charge in [0.15, 0.2) is 0 Å². The van der Waals surface area contributed by atoms with Crippen LogP contribution in [0.5, 0.6) is 0 Å². The van der Waals surface area contributed by atoms with E-state index < -0.39 is 0 Å². The van der Waals surface area contributed by atoms with Crippen molar-refractivity contribution in [2.45, 2.75) is 0 Å². The molecule has 0 aliphatic carbocycles. The first-order chi connectivity index (χ1) is 29.3. The van der Waals surface area contributed by atoms with Gasteiger partial charge in [0.2, 0.25) is 0 Å². The van der Waals surface area contributed by atoms with E-state index in [1.165, 1.54) is 76.2 Å². The Kier molecular flexibility index (Phi) is 6.69. The Morgan fingerprint density at radius 3 is 1.36 bits per heavy atom. The van der Waals surface area contributed by atoms with Gasteiger partial charge in [0, 0.05) is 71.1 Å². The molecule has 0 N–H and O–H groups in total. The van der Waals surface area contributed by atoms with Gasteiger partial charge in [0.1, 0.15) is 0 Å². The predicted octanol–water partition coefficient (Wildman–Crippen LogP) is 14.3. The summed E-state index contributed by atoms with van der Waals surface area (Å²) in [4.78, 5) is 5.23. The predicted molar refractivity (Wildman–Crippen MR) is 248 cm³/mol. The Bertz CT molecular complexity index is 3770. The summed E-state index contributed by atoms with van der Waals surface area (Å²) in [6, 6.07) is 74.8. The molecular weight excluding hydrogens is 717 g/mol. The molecule has 0 amide bonds. The molecule has 4 nitrogen and oxygen atoms in total. The minimum Gasteiger partial charge on any atom is -0.309 e. The van der Waals surface area contributed by atoms with Gasteiger partial charge in [-0.2, -0.15) is 0 Å². The lowest BCUT2D eigenvalue weighted by Crippen LogP contribution is -1.98. The summed E-state index contributed by atoms with van der Waals surface area (Å²) in [6.45, 7) is 0. The number of benzene rings is 9. The standard InChI is InChI=1S/C55H34N4/c1-2-14-35(15-3-1)55-44-31-33-52-54(53(44)42-19-4-9-21-46(42)56-55)43-20-8-13-25-50(43)58(52)37-28-26-36(27-29-37)57-49-24-12-7-18-41(49)45-34-38(30-32-51(45)57)59-47-22-10-5-16-39(47)40-17-6-11-23-48(40)59/h1-34H. The fourth-order valence-electron chi connectivity index (χ4n) is 9.92. The number of rotatable bonds is 4. The smallest absolute Gasteiger partial charge is 0.0788 e. The summed E-state index contributed by atoms with van der Waals surface area (Å²) in [5.41, 5.74) is 13.7. The molecule has 0 spiro atoms. The number of fused-ring (bicyclic) bond motifs is 13. The molecule has 0 atom stereocenters. The minimum atomic E-state index is 1.00. The van der Waals surface area contributed by atoms with Crippen molar-refractivity contribution in [3.63, 3.8) is 0 Å². The average molecular weight is 751 g/mol. The first-order valence-corrected chi connectivity index (χ1v) is 20.2. The monoisotopic (exact) mass is 750 g/mol. The van der Waals surface area contributed by atoms with E-state index in [0.717, 1.165) is 39.2 Å². The van der Waals surface area contributed by atoms with E-state index in [-0.39, 0.29) is 0 Å². The Morgan fingerprint density at radius 2 is 0.712 bits per heavy atom. The van der Waals surface area contributed by atoms with Gasteiger partial charge in [0.25, 0.3) is 0 Å². The number of hydrogen-bond acceptors (Lipinski definition) is 1. The first-order valence-electron chi connectivity index (χ1n) is 20.2. The number of aromatic nitrogens is 4. The third kappa shape index (κ3) is 4.57. The van der Waals surface area contributed by atoms with Crippen LogP contribution in [-0.2, 0) is 0 Å². The number of pyridine rings is 1. The molecule has 4 heteroatoms. The summed E-state index contributed by atoms with van der Waals surface area (Å²) in [5, 5.41) is 11.0. The molecule has 13 rings (SSSR count). The summed E-state index contributed by atoms with van der Waals surface area (Å²) in [7, 11) is 0. The van der Waals surface area contributed by atoms with Gasteiger partial charge in [0.05, 0.1) is 44.3 Å².